The van der Waals surface area contributed by atoms with E-state index in [9.17, 15) is 5.11 Å². The second-order valence-electron chi connectivity index (χ2n) is 4.36. The average Bonchev–Trinajstić information content (AvgIpc) is 2.85. The number of nitrogens with zero attached hydrogens (tertiary/aromatic N) is 1. The Bertz CT molecular complexity index is 302. The highest BCUT2D eigenvalue weighted by Crippen LogP contribution is 2.20. The fourth-order valence-electron chi connectivity index (χ4n) is 2.10. The third-order valence-electron chi connectivity index (χ3n) is 3.07. The number of aliphatic hydroxyl groups excluding tert-OH is 1. The summed E-state index contributed by atoms with van der Waals surface area (Å²) in [6, 6.07) is 4.19. The van der Waals surface area contributed by atoms with Crippen molar-refractivity contribution in [3.05, 3.63) is 22.4 Å². The molecule has 4 heteroatoms. The van der Waals surface area contributed by atoms with Crippen LogP contribution in [-0.4, -0.2) is 42.3 Å². The van der Waals surface area contributed by atoms with Crippen molar-refractivity contribution in [2.24, 2.45) is 0 Å². The predicted molar refractivity (Wildman–Crippen MR) is 63.1 cm³/mol. The van der Waals surface area contributed by atoms with E-state index < -0.39 is 0 Å². The summed E-state index contributed by atoms with van der Waals surface area (Å²) < 4.78 is 0. The summed E-state index contributed by atoms with van der Waals surface area (Å²) in [6.07, 6.45) is 1.03. The van der Waals surface area contributed by atoms with Crippen LogP contribution in [0.5, 0.6) is 0 Å². The van der Waals surface area contributed by atoms with Crippen LogP contribution >= 0.6 is 11.3 Å². The highest BCUT2D eigenvalue weighted by molar-refractivity contribution is 7.09. The van der Waals surface area contributed by atoms with Crippen molar-refractivity contribution in [2.75, 3.05) is 26.7 Å². The molecule has 2 N–H and O–H groups in total. The molecule has 1 aliphatic heterocycles. The summed E-state index contributed by atoms with van der Waals surface area (Å²) in [5.41, 5.74) is -0.0846. The largest absolute Gasteiger partial charge is 0.394 e. The molecule has 84 valence electrons. The van der Waals surface area contributed by atoms with Crippen LogP contribution in [-0.2, 0) is 6.54 Å². The van der Waals surface area contributed by atoms with Gasteiger partial charge in [-0.3, -0.25) is 0 Å². The second-order valence-corrected chi connectivity index (χ2v) is 5.39. The molecule has 1 fully saturated rings. The number of nitrogens with one attached hydrogen (secondary N) is 1. The first-order chi connectivity index (χ1) is 7.24. The molecule has 0 spiro atoms. The second kappa shape index (κ2) is 4.61. The topological polar surface area (TPSA) is 35.5 Å². The third-order valence-corrected chi connectivity index (χ3v) is 3.94. The fourth-order valence-corrected chi connectivity index (χ4v) is 2.74. The Labute approximate surface area is 94.7 Å². The van der Waals surface area contributed by atoms with Gasteiger partial charge in [-0.1, -0.05) is 6.07 Å². The summed E-state index contributed by atoms with van der Waals surface area (Å²) in [5, 5.41) is 15.1. The molecule has 0 bridgehead atoms. The molecule has 2 rings (SSSR count). The number of likely N-dealkylation sites (N-methyl/N-ethyl adjacent to an activating group) is 1. The normalized spacial score (nSPS) is 27.3. The van der Waals surface area contributed by atoms with Gasteiger partial charge in [0.15, 0.2) is 0 Å². The lowest BCUT2D eigenvalue weighted by molar-refractivity contribution is 0.163. The zero-order valence-corrected chi connectivity index (χ0v) is 9.89. The molecule has 1 aliphatic rings. The van der Waals surface area contributed by atoms with Crippen molar-refractivity contribution in [3.8, 4) is 0 Å². The van der Waals surface area contributed by atoms with Gasteiger partial charge in [0.2, 0.25) is 0 Å². The van der Waals surface area contributed by atoms with Crippen LogP contribution < -0.4 is 5.32 Å². The smallest absolute Gasteiger partial charge is 0.0626 e. The van der Waals surface area contributed by atoms with E-state index in [0.29, 0.717) is 0 Å². The van der Waals surface area contributed by atoms with Gasteiger partial charge in [0, 0.05) is 18.0 Å². The Morgan fingerprint density at radius 3 is 3.07 bits per heavy atom. The monoisotopic (exact) mass is 226 g/mol. The van der Waals surface area contributed by atoms with E-state index in [0.717, 1.165) is 26.1 Å². The Hall–Kier alpha value is -0.420. The van der Waals surface area contributed by atoms with Crippen molar-refractivity contribution in [1.82, 2.24) is 10.2 Å². The molecule has 15 heavy (non-hydrogen) atoms. The van der Waals surface area contributed by atoms with Crippen molar-refractivity contribution < 1.29 is 5.11 Å². The lowest BCUT2D eigenvalue weighted by Crippen LogP contribution is -2.49. The highest BCUT2D eigenvalue weighted by atomic mass is 32.1. The number of hydrogen-bond acceptors (Lipinski definition) is 4. The molecule has 0 aromatic carbocycles. The number of hydrogen-bond donors (Lipinski definition) is 2. The zero-order chi connectivity index (χ0) is 10.7. The number of likely N-dealkylation sites (tertiary alicyclic amines) is 1. The minimum absolute atomic E-state index is 0.0846. The summed E-state index contributed by atoms with van der Waals surface area (Å²) in [6.45, 7) is 3.10. The Kier molecular flexibility index (Phi) is 3.41. The van der Waals surface area contributed by atoms with Crippen LogP contribution in [0.2, 0.25) is 0 Å². The molecule has 0 saturated carbocycles. The van der Waals surface area contributed by atoms with Crippen LogP contribution in [0.1, 0.15) is 11.3 Å². The van der Waals surface area contributed by atoms with Gasteiger partial charge in [-0.15, -0.1) is 11.3 Å². The molecule has 2 heterocycles. The van der Waals surface area contributed by atoms with Gasteiger partial charge in [-0.25, -0.2) is 0 Å². The SMILES string of the molecule is CN1CCC(CO)(NCc2cccs2)C1. The van der Waals surface area contributed by atoms with Crippen LogP contribution in [0.15, 0.2) is 17.5 Å². The van der Waals surface area contributed by atoms with Crippen LogP contribution in [0.25, 0.3) is 0 Å². The van der Waals surface area contributed by atoms with Gasteiger partial charge in [0.25, 0.3) is 0 Å². The van der Waals surface area contributed by atoms with Gasteiger partial charge in [0.1, 0.15) is 0 Å². The molecular weight excluding hydrogens is 208 g/mol. The van der Waals surface area contributed by atoms with E-state index in [2.05, 4.69) is 34.8 Å². The number of thiophene rings is 1. The Morgan fingerprint density at radius 1 is 1.67 bits per heavy atom. The van der Waals surface area contributed by atoms with Crippen molar-refractivity contribution in [2.45, 2.75) is 18.5 Å². The fraction of sp³-hybridized carbons (Fsp3) is 0.636. The molecule has 1 aromatic rings. The quantitative estimate of drug-likeness (QED) is 0.801. The molecule has 1 atom stereocenters. The van der Waals surface area contributed by atoms with E-state index in [-0.39, 0.29) is 12.1 Å². The maximum Gasteiger partial charge on any atom is 0.0626 e. The summed E-state index contributed by atoms with van der Waals surface area (Å²) >= 11 is 1.76. The van der Waals surface area contributed by atoms with Gasteiger partial charge in [0.05, 0.1) is 12.1 Å². The molecule has 0 amide bonds. The highest BCUT2D eigenvalue weighted by Gasteiger charge is 2.35. The molecule has 1 saturated heterocycles. The maximum absolute atomic E-state index is 9.48. The predicted octanol–water partition coefficient (Wildman–Crippen LogP) is 0.904. The van der Waals surface area contributed by atoms with Crippen LogP contribution in [0.3, 0.4) is 0 Å². The van der Waals surface area contributed by atoms with Gasteiger partial charge >= 0.3 is 0 Å². The standard InChI is InChI=1S/C11H18N2OS/c1-13-5-4-11(8-13,9-14)12-7-10-3-2-6-15-10/h2-3,6,12,14H,4-5,7-9H2,1H3. The van der Waals surface area contributed by atoms with Crippen LogP contribution in [0.4, 0.5) is 0 Å². The maximum atomic E-state index is 9.48. The first-order valence-corrected chi connectivity index (χ1v) is 6.19. The summed E-state index contributed by atoms with van der Waals surface area (Å²) in [4.78, 5) is 3.59. The number of rotatable bonds is 4. The van der Waals surface area contributed by atoms with E-state index in [1.807, 2.05) is 0 Å². The van der Waals surface area contributed by atoms with Gasteiger partial charge < -0.3 is 15.3 Å². The van der Waals surface area contributed by atoms with E-state index in [1.54, 1.807) is 11.3 Å². The van der Waals surface area contributed by atoms with E-state index in [1.165, 1.54) is 4.88 Å². The van der Waals surface area contributed by atoms with Crippen molar-refractivity contribution >= 4 is 11.3 Å². The van der Waals surface area contributed by atoms with Crippen molar-refractivity contribution in [3.63, 3.8) is 0 Å². The summed E-state index contributed by atoms with van der Waals surface area (Å²) in [7, 11) is 2.10. The van der Waals surface area contributed by atoms with Gasteiger partial charge in [-0.05, 0) is 31.5 Å². The third kappa shape index (κ3) is 2.58. The Morgan fingerprint density at radius 2 is 2.53 bits per heavy atom. The van der Waals surface area contributed by atoms with E-state index >= 15 is 0 Å². The molecule has 3 nitrogen and oxygen atoms in total. The van der Waals surface area contributed by atoms with Gasteiger partial charge in [-0.2, -0.15) is 0 Å². The minimum Gasteiger partial charge on any atom is -0.394 e. The number of aliphatic hydroxyl groups is 1. The first-order valence-electron chi connectivity index (χ1n) is 5.31. The molecule has 0 radical (unpaired) electrons. The molecular formula is C11H18N2OS. The average molecular weight is 226 g/mol. The summed E-state index contributed by atoms with van der Waals surface area (Å²) in [5.74, 6) is 0. The van der Waals surface area contributed by atoms with Crippen LogP contribution in [0, 0.1) is 0 Å². The first kappa shape index (κ1) is 11.1. The minimum atomic E-state index is -0.0846. The van der Waals surface area contributed by atoms with Crippen molar-refractivity contribution in [1.29, 1.82) is 0 Å². The molecule has 1 unspecified atom stereocenters. The lowest BCUT2D eigenvalue weighted by Gasteiger charge is -2.27. The molecule has 1 aromatic heterocycles. The van der Waals surface area contributed by atoms with E-state index in [4.69, 9.17) is 0 Å². The molecule has 0 aliphatic carbocycles. The lowest BCUT2D eigenvalue weighted by atomic mass is 10.00. The Balaban J connectivity index is 1.91. The zero-order valence-electron chi connectivity index (χ0n) is 9.07.